The van der Waals surface area contributed by atoms with E-state index in [-0.39, 0.29) is 17.7 Å². The highest BCUT2D eigenvalue weighted by molar-refractivity contribution is 5.93. The summed E-state index contributed by atoms with van der Waals surface area (Å²) in [4.78, 5) is 13.8. The zero-order valence-electron chi connectivity index (χ0n) is 17.9. The van der Waals surface area contributed by atoms with Gasteiger partial charge in [-0.2, -0.15) is 13.2 Å². The van der Waals surface area contributed by atoms with Gasteiger partial charge in [0.2, 0.25) is 5.91 Å². The minimum absolute atomic E-state index is 0.0747. The predicted molar refractivity (Wildman–Crippen MR) is 108 cm³/mol. The maximum absolute atomic E-state index is 12.5. The molecule has 162 valence electrons. The van der Waals surface area contributed by atoms with Crippen LogP contribution in [0.3, 0.4) is 0 Å². The van der Waals surface area contributed by atoms with Crippen molar-refractivity contribution in [2.75, 3.05) is 7.05 Å². The molecular formula is C23H38F3NO. The number of allylic oxidation sites excluding steroid dienone is 1. The summed E-state index contributed by atoms with van der Waals surface area (Å²) >= 11 is 0. The van der Waals surface area contributed by atoms with Gasteiger partial charge in [0.25, 0.3) is 0 Å². The van der Waals surface area contributed by atoms with Crippen molar-refractivity contribution in [3.63, 3.8) is 0 Å². The van der Waals surface area contributed by atoms with Gasteiger partial charge in [-0.3, -0.25) is 4.79 Å². The molecule has 0 bridgehead atoms. The molecule has 0 aromatic carbocycles. The van der Waals surface area contributed by atoms with Crippen molar-refractivity contribution in [1.82, 2.24) is 4.90 Å². The van der Waals surface area contributed by atoms with Crippen LogP contribution in [0.15, 0.2) is 11.6 Å². The first-order valence-electron chi connectivity index (χ1n) is 11.2. The molecule has 0 saturated heterocycles. The van der Waals surface area contributed by atoms with Gasteiger partial charge in [-0.05, 0) is 63.2 Å². The standard InChI is InChI=1S/C23H38F3NO/c1-4-5-6-7-18-8-10-19(11-9-18)20-12-14-21(15-13-20)27(3)22(28)17(2)16-23(24,25)26/h16,18-21H,4-15H2,1-3H3/b17-16+. The highest BCUT2D eigenvalue weighted by Gasteiger charge is 2.33. The van der Waals surface area contributed by atoms with Crippen molar-refractivity contribution in [2.45, 2.75) is 103 Å². The zero-order valence-corrected chi connectivity index (χ0v) is 17.9. The van der Waals surface area contributed by atoms with Crippen molar-refractivity contribution < 1.29 is 18.0 Å². The Labute approximate surface area is 168 Å². The number of halogens is 3. The molecule has 28 heavy (non-hydrogen) atoms. The van der Waals surface area contributed by atoms with Crippen LogP contribution in [0, 0.1) is 17.8 Å². The Morgan fingerprint density at radius 2 is 1.50 bits per heavy atom. The second-order valence-electron chi connectivity index (χ2n) is 9.13. The van der Waals surface area contributed by atoms with E-state index in [1.165, 1.54) is 58.3 Å². The molecule has 0 spiro atoms. The van der Waals surface area contributed by atoms with Crippen molar-refractivity contribution in [1.29, 1.82) is 0 Å². The molecule has 0 unspecified atom stereocenters. The van der Waals surface area contributed by atoms with Gasteiger partial charge < -0.3 is 4.90 Å². The predicted octanol–water partition coefficient (Wildman–Crippen LogP) is 6.90. The Morgan fingerprint density at radius 3 is 2.00 bits per heavy atom. The minimum Gasteiger partial charge on any atom is -0.339 e. The average molecular weight is 402 g/mol. The third-order valence-electron chi connectivity index (χ3n) is 7.10. The second kappa shape index (κ2) is 10.7. The topological polar surface area (TPSA) is 20.3 Å². The van der Waals surface area contributed by atoms with Crippen LogP contribution in [0.4, 0.5) is 13.2 Å². The van der Waals surface area contributed by atoms with E-state index >= 15 is 0 Å². The summed E-state index contributed by atoms with van der Waals surface area (Å²) in [5.74, 6) is 1.99. The molecule has 2 aliphatic rings. The van der Waals surface area contributed by atoms with Gasteiger partial charge in [-0.1, -0.05) is 45.4 Å². The molecule has 2 fully saturated rings. The molecule has 0 aromatic rings. The first-order valence-corrected chi connectivity index (χ1v) is 11.2. The summed E-state index contributed by atoms with van der Waals surface area (Å²) in [5, 5.41) is 0. The molecule has 1 amide bonds. The lowest BCUT2D eigenvalue weighted by Gasteiger charge is -2.40. The number of likely N-dealkylation sites (N-methyl/N-ethyl adjacent to an activating group) is 1. The molecule has 0 heterocycles. The molecule has 0 aromatic heterocycles. The summed E-state index contributed by atoms with van der Waals surface area (Å²) in [5.41, 5.74) is -0.224. The van der Waals surface area contributed by atoms with E-state index in [0.717, 1.165) is 43.4 Å². The second-order valence-corrected chi connectivity index (χ2v) is 9.13. The molecule has 0 radical (unpaired) electrons. The summed E-state index contributed by atoms with van der Waals surface area (Å²) in [6.07, 6.45) is 10.6. The SMILES string of the molecule is CCCCCC1CCC(C2CCC(N(C)C(=O)/C(C)=C/C(F)(F)F)CC2)CC1. The highest BCUT2D eigenvalue weighted by atomic mass is 19.4. The Morgan fingerprint density at radius 1 is 0.964 bits per heavy atom. The maximum atomic E-state index is 12.5. The van der Waals surface area contributed by atoms with Crippen molar-refractivity contribution in [3.8, 4) is 0 Å². The number of hydrogen-bond acceptors (Lipinski definition) is 1. The number of unbranched alkanes of at least 4 members (excludes halogenated alkanes) is 2. The van der Waals surface area contributed by atoms with Crippen molar-refractivity contribution in [3.05, 3.63) is 11.6 Å². The van der Waals surface area contributed by atoms with Gasteiger partial charge >= 0.3 is 6.18 Å². The van der Waals surface area contributed by atoms with Crippen LogP contribution in [0.5, 0.6) is 0 Å². The zero-order chi connectivity index (χ0) is 20.7. The largest absolute Gasteiger partial charge is 0.410 e. The number of carbonyl (C=O) groups excluding carboxylic acids is 1. The lowest BCUT2D eigenvalue weighted by Crippen LogP contribution is -2.41. The van der Waals surface area contributed by atoms with Gasteiger partial charge in [0.05, 0.1) is 0 Å². The quantitative estimate of drug-likeness (QED) is 0.336. The normalized spacial score (nSPS) is 29.6. The molecule has 0 atom stereocenters. The summed E-state index contributed by atoms with van der Waals surface area (Å²) in [6, 6.07) is 0.0747. The monoisotopic (exact) mass is 401 g/mol. The molecule has 5 heteroatoms. The highest BCUT2D eigenvalue weighted by Crippen LogP contribution is 2.41. The van der Waals surface area contributed by atoms with Gasteiger partial charge in [-0.15, -0.1) is 0 Å². The Hall–Kier alpha value is -1.00. The van der Waals surface area contributed by atoms with Crippen LogP contribution in [0.25, 0.3) is 0 Å². The van der Waals surface area contributed by atoms with Gasteiger partial charge in [0, 0.05) is 24.7 Å². The summed E-state index contributed by atoms with van der Waals surface area (Å²) in [7, 11) is 1.66. The number of nitrogens with zero attached hydrogens (tertiary/aromatic N) is 1. The van der Waals surface area contributed by atoms with Gasteiger partial charge in [-0.25, -0.2) is 0 Å². The van der Waals surface area contributed by atoms with Crippen LogP contribution < -0.4 is 0 Å². The fraction of sp³-hybridized carbons (Fsp3) is 0.870. The van der Waals surface area contributed by atoms with E-state index < -0.39 is 12.1 Å². The lowest BCUT2D eigenvalue weighted by molar-refractivity contribution is -0.129. The summed E-state index contributed by atoms with van der Waals surface area (Å²) in [6.45, 7) is 3.52. The molecular weight excluding hydrogens is 363 g/mol. The number of carbonyl (C=O) groups is 1. The molecule has 0 aliphatic heterocycles. The van der Waals surface area contributed by atoms with Crippen LogP contribution in [0.2, 0.25) is 0 Å². The van der Waals surface area contributed by atoms with E-state index in [0.29, 0.717) is 0 Å². The van der Waals surface area contributed by atoms with Crippen LogP contribution in [-0.2, 0) is 4.79 Å². The van der Waals surface area contributed by atoms with Crippen molar-refractivity contribution in [2.24, 2.45) is 17.8 Å². The number of amides is 1. The Balaban J connectivity index is 1.75. The van der Waals surface area contributed by atoms with E-state index in [1.54, 1.807) is 11.9 Å². The number of alkyl halides is 3. The summed E-state index contributed by atoms with van der Waals surface area (Å²) < 4.78 is 37.5. The number of hydrogen-bond donors (Lipinski definition) is 0. The smallest absolute Gasteiger partial charge is 0.339 e. The van der Waals surface area contributed by atoms with Crippen LogP contribution >= 0.6 is 0 Å². The molecule has 2 rings (SSSR count). The first-order chi connectivity index (χ1) is 13.2. The van der Waals surface area contributed by atoms with Crippen LogP contribution in [-0.4, -0.2) is 30.1 Å². The Bertz CT molecular complexity index is 512. The first kappa shape index (κ1) is 23.3. The van der Waals surface area contributed by atoms with Crippen molar-refractivity contribution >= 4 is 5.91 Å². The maximum Gasteiger partial charge on any atom is 0.410 e. The molecule has 2 nitrogen and oxygen atoms in total. The molecule has 0 N–H and O–H groups in total. The van der Waals surface area contributed by atoms with E-state index in [9.17, 15) is 18.0 Å². The third kappa shape index (κ3) is 7.11. The van der Waals surface area contributed by atoms with Gasteiger partial charge in [0.15, 0.2) is 0 Å². The molecule has 2 saturated carbocycles. The fourth-order valence-electron chi connectivity index (χ4n) is 5.34. The Kier molecular flexibility index (Phi) is 8.88. The fourth-order valence-corrected chi connectivity index (χ4v) is 5.34. The van der Waals surface area contributed by atoms with E-state index in [4.69, 9.17) is 0 Å². The van der Waals surface area contributed by atoms with E-state index in [1.807, 2.05) is 0 Å². The lowest BCUT2D eigenvalue weighted by atomic mass is 9.69. The average Bonchev–Trinajstić information content (AvgIpc) is 2.66. The third-order valence-corrected chi connectivity index (χ3v) is 7.10. The number of rotatable bonds is 7. The van der Waals surface area contributed by atoms with Gasteiger partial charge in [0.1, 0.15) is 0 Å². The minimum atomic E-state index is -4.44. The van der Waals surface area contributed by atoms with E-state index in [2.05, 4.69) is 6.92 Å². The van der Waals surface area contributed by atoms with Crippen LogP contribution in [0.1, 0.15) is 90.9 Å². The molecule has 2 aliphatic carbocycles.